The van der Waals surface area contributed by atoms with Crippen LogP contribution >= 0.6 is 23.4 Å². The number of hydrogen-bond donors (Lipinski definition) is 1. The summed E-state index contributed by atoms with van der Waals surface area (Å²) >= 11 is 7.33. The van der Waals surface area contributed by atoms with Crippen LogP contribution in [0.25, 0.3) is 22.4 Å². The SMILES string of the molecule is Cc1ccc(NC(=O)CSc2nc(-c3ccccc3)cc(-c3ccc(Cl)cc3)c2C#N)c(C)c1. The number of carbonyl (C=O) groups excluding carboxylic acids is 1. The van der Waals surface area contributed by atoms with E-state index < -0.39 is 0 Å². The van der Waals surface area contributed by atoms with Crippen molar-refractivity contribution in [1.82, 2.24) is 4.98 Å². The minimum Gasteiger partial charge on any atom is -0.325 e. The van der Waals surface area contributed by atoms with E-state index in [9.17, 15) is 10.1 Å². The molecule has 168 valence electrons. The van der Waals surface area contributed by atoms with E-state index in [4.69, 9.17) is 16.6 Å². The molecule has 0 aliphatic carbocycles. The molecule has 0 saturated heterocycles. The van der Waals surface area contributed by atoms with Crippen molar-refractivity contribution in [3.63, 3.8) is 0 Å². The minimum atomic E-state index is -0.152. The van der Waals surface area contributed by atoms with Crippen molar-refractivity contribution >= 4 is 35.0 Å². The van der Waals surface area contributed by atoms with Gasteiger partial charge in [-0.3, -0.25) is 4.79 Å². The van der Waals surface area contributed by atoms with Gasteiger partial charge >= 0.3 is 0 Å². The number of thioether (sulfide) groups is 1. The Kier molecular flexibility index (Phi) is 7.32. The number of anilines is 1. The van der Waals surface area contributed by atoms with E-state index in [0.717, 1.165) is 39.2 Å². The molecule has 0 bridgehead atoms. The van der Waals surface area contributed by atoms with Crippen LogP contribution in [0.5, 0.6) is 0 Å². The molecule has 0 radical (unpaired) electrons. The second-order valence-corrected chi connectivity index (χ2v) is 9.28. The van der Waals surface area contributed by atoms with Crippen LogP contribution in [0.15, 0.2) is 83.9 Å². The highest BCUT2D eigenvalue weighted by Crippen LogP contribution is 2.34. The summed E-state index contributed by atoms with van der Waals surface area (Å²) in [7, 11) is 0. The summed E-state index contributed by atoms with van der Waals surface area (Å²) in [6.45, 7) is 3.98. The number of rotatable bonds is 6. The highest BCUT2D eigenvalue weighted by Gasteiger charge is 2.17. The summed E-state index contributed by atoms with van der Waals surface area (Å²) in [6.07, 6.45) is 0. The van der Waals surface area contributed by atoms with E-state index >= 15 is 0 Å². The predicted octanol–water partition coefficient (Wildman–Crippen LogP) is 7.29. The van der Waals surface area contributed by atoms with Crippen molar-refractivity contribution in [3.8, 4) is 28.5 Å². The van der Waals surface area contributed by atoms with Gasteiger partial charge in [-0.05, 0) is 49.2 Å². The zero-order valence-electron chi connectivity index (χ0n) is 18.8. The lowest BCUT2D eigenvalue weighted by atomic mass is 9.99. The fraction of sp³-hybridized carbons (Fsp3) is 0.107. The lowest BCUT2D eigenvalue weighted by Crippen LogP contribution is -2.15. The first-order valence-corrected chi connectivity index (χ1v) is 12.1. The van der Waals surface area contributed by atoms with Crippen LogP contribution in [0.3, 0.4) is 0 Å². The molecule has 4 nitrogen and oxygen atoms in total. The maximum absolute atomic E-state index is 12.7. The zero-order valence-corrected chi connectivity index (χ0v) is 20.4. The molecule has 0 unspecified atom stereocenters. The third-order valence-corrected chi connectivity index (χ3v) is 6.55. The van der Waals surface area contributed by atoms with E-state index in [0.29, 0.717) is 15.6 Å². The molecule has 1 amide bonds. The van der Waals surface area contributed by atoms with Crippen LogP contribution in [0.1, 0.15) is 16.7 Å². The summed E-state index contributed by atoms with van der Waals surface area (Å²) in [5.41, 5.74) is 6.65. The molecule has 0 aliphatic heterocycles. The van der Waals surface area contributed by atoms with Gasteiger partial charge in [-0.25, -0.2) is 4.98 Å². The molecule has 1 heterocycles. The Morgan fingerprint density at radius 2 is 1.74 bits per heavy atom. The molecule has 3 aromatic carbocycles. The van der Waals surface area contributed by atoms with Gasteiger partial charge < -0.3 is 5.32 Å². The number of nitrogens with zero attached hydrogens (tertiary/aromatic N) is 2. The number of nitrogens with one attached hydrogen (secondary N) is 1. The van der Waals surface area contributed by atoms with Crippen molar-refractivity contribution in [2.45, 2.75) is 18.9 Å². The Morgan fingerprint density at radius 1 is 1.00 bits per heavy atom. The van der Waals surface area contributed by atoms with E-state index in [1.54, 1.807) is 12.1 Å². The van der Waals surface area contributed by atoms with E-state index in [-0.39, 0.29) is 11.7 Å². The number of aryl methyl sites for hydroxylation is 2. The molecule has 0 atom stereocenters. The third kappa shape index (κ3) is 5.48. The number of hydrogen-bond acceptors (Lipinski definition) is 4. The summed E-state index contributed by atoms with van der Waals surface area (Å²) in [5, 5.41) is 14.1. The Bertz CT molecular complexity index is 1380. The molecule has 0 spiro atoms. The average molecular weight is 484 g/mol. The van der Waals surface area contributed by atoms with Gasteiger partial charge in [0, 0.05) is 21.8 Å². The van der Waals surface area contributed by atoms with Gasteiger partial charge in [-0.15, -0.1) is 0 Å². The molecule has 4 aromatic rings. The Hall–Kier alpha value is -3.59. The van der Waals surface area contributed by atoms with Gasteiger partial charge in [-0.1, -0.05) is 83.5 Å². The highest BCUT2D eigenvalue weighted by atomic mass is 35.5. The first-order chi connectivity index (χ1) is 16.4. The second kappa shape index (κ2) is 10.6. The molecule has 34 heavy (non-hydrogen) atoms. The summed E-state index contributed by atoms with van der Waals surface area (Å²) in [6, 6.07) is 27.3. The van der Waals surface area contributed by atoms with Crippen LogP contribution < -0.4 is 5.32 Å². The van der Waals surface area contributed by atoms with Crippen LogP contribution in [-0.4, -0.2) is 16.6 Å². The lowest BCUT2D eigenvalue weighted by molar-refractivity contribution is -0.113. The van der Waals surface area contributed by atoms with E-state index in [1.165, 1.54) is 11.8 Å². The smallest absolute Gasteiger partial charge is 0.234 e. The summed E-state index contributed by atoms with van der Waals surface area (Å²) in [4.78, 5) is 17.5. The quantitative estimate of drug-likeness (QED) is 0.292. The molecule has 1 N–H and O–H groups in total. The zero-order chi connectivity index (χ0) is 24.1. The van der Waals surface area contributed by atoms with E-state index in [2.05, 4.69) is 11.4 Å². The number of halogens is 1. The van der Waals surface area contributed by atoms with Gasteiger partial charge in [0.1, 0.15) is 11.1 Å². The Morgan fingerprint density at radius 3 is 2.41 bits per heavy atom. The number of benzene rings is 3. The van der Waals surface area contributed by atoms with Crippen molar-refractivity contribution in [2.75, 3.05) is 11.1 Å². The standard InChI is InChI=1S/C28H22ClN3OS/c1-18-8-13-25(19(2)14-18)31-27(33)17-34-28-24(16-30)23(20-9-11-22(29)12-10-20)15-26(32-28)21-6-4-3-5-7-21/h3-15H,17H2,1-2H3,(H,31,33). The minimum absolute atomic E-state index is 0.132. The van der Waals surface area contributed by atoms with Gasteiger partial charge in [-0.2, -0.15) is 5.26 Å². The fourth-order valence-electron chi connectivity index (χ4n) is 3.62. The number of pyridine rings is 1. The third-order valence-electron chi connectivity index (χ3n) is 5.32. The number of aromatic nitrogens is 1. The molecule has 0 fully saturated rings. The molecular weight excluding hydrogens is 462 g/mol. The monoisotopic (exact) mass is 483 g/mol. The van der Waals surface area contributed by atoms with Crippen LogP contribution in [0.2, 0.25) is 5.02 Å². The molecule has 6 heteroatoms. The summed E-state index contributed by atoms with van der Waals surface area (Å²) in [5.74, 6) is -0.0198. The number of carbonyl (C=O) groups is 1. The maximum Gasteiger partial charge on any atom is 0.234 e. The van der Waals surface area contributed by atoms with E-state index in [1.807, 2.05) is 80.6 Å². The fourth-order valence-corrected chi connectivity index (χ4v) is 4.55. The van der Waals surface area contributed by atoms with Crippen molar-refractivity contribution in [3.05, 3.63) is 101 Å². The Balaban J connectivity index is 1.67. The lowest BCUT2D eigenvalue weighted by Gasteiger charge is -2.13. The van der Waals surface area contributed by atoms with Crippen molar-refractivity contribution in [1.29, 1.82) is 5.26 Å². The highest BCUT2D eigenvalue weighted by molar-refractivity contribution is 8.00. The molecular formula is C28H22ClN3OS. The van der Waals surface area contributed by atoms with Gasteiger partial charge in [0.2, 0.25) is 5.91 Å². The Labute approximate surface area is 208 Å². The number of nitriles is 1. The van der Waals surface area contributed by atoms with Gasteiger partial charge in [0.15, 0.2) is 0 Å². The molecule has 0 aliphatic rings. The molecule has 1 aromatic heterocycles. The van der Waals surface area contributed by atoms with Gasteiger partial charge in [0.25, 0.3) is 0 Å². The van der Waals surface area contributed by atoms with Crippen molar-refractivity contribution < 1.29 is 4.79 Å². The van der Waals surface area contributed by atoms with Crippen molar-refractivity contribution in [2.24, 2.45) is 0 Å². The second-order valence-electron chi connectivity index (χ2n) is 7.88. The first-order valence-electron chi connectivity index (χ1n) is 10.7. The normalized spacial score (nSPS) is 10.5. The maximum atomic E-state index is 12.7. The largest absolute Gasteiger partial charge is 0.325 e. The molecule has 4 rings (SSSR count). The predicted molar refractivity (Wildman–Crippen MR) is 140 cm³/mol. The average Bonchev–Trinajstić information content (AvgIpc) is 2.85. The number of amides is 1. The summed E-state index contributed by atoms with van der Waals surface area (Å²) < 4.78 is 0. The van der Waals surface area contributed by atoms with Crippen LogP contribution in [-0.2, 0) is 4.79 Å². The topological polar surface area (TPSA) is 65.8 Å². The van der Waals surface area contributed by atoms with Crippen LogP contribution in [0, 0.1) is 25.2 Å². The van der Waals surface area contributed by atoms with Gasteiger partial charge in [0.05, 0.1) is 17.0 Å². The van der Waals surface area contributed by atoms with Crippen LogP contribution in [0.4, 0.5) is 5.69 Å². The first kappa shape index (κ1) is 23.6. The molecule has 0 saturated carbocycles.